The number of amides is 2. The van der Waals surface area contributed by atoms with Gasteiger partial charge < -0.3 is 14.8 Å². The molecule has 0 unspecified atom stereocenters. The Morgan fingerprint density at radius 3 is 2.67 bits per heavy atom. The van der Waals surface area contributed by atoms with Crippen molar-refractivity contribution in [1.29, 1.82) is 0 Å². The summed E-state index contributed by atoms with van der Waals surface area (Å²) < 4.78 is 2.08. The van der Waals surface area contributed by atoms with Crippen molar-refractivity contribution < 1.29 is 9.59 Å². The highest BCUT2D eigenvalue weighted by atomic mass is 35.5. The molecule has 36 heavy (non-hydrogen) atoms. The fourth-order valence-corrected chi connectivity index (χ4v) is 6.12. The maximum atomic E-state index is 13.1. The zero-order chi connectivity index (χ0) is 25.4. The summed E-state index contributed by atoms with van der Waals surface area (Å²) in [5.41, 5.74) is 6.19. The third kappa shape index (κ3) is 4.52. The minimum Gasteiger partial charge on any atom is -0.348 e. The maximum Gasteiger partial charge on any atom is 0.246 e. The zero-order valence-corrected chi connectivity index (χ0v) is 21.6. The van der Waals surface area contributed by atoms with Gasteiger partial charge in [-0.1, -0.05) is 37.4 Å². The predicted octanol–water partition coefficient (Wildman–Crippen LogP) is 4.93. The number of hydrogen-bond donors (Lipinski definition) is 1. The second-order valence-electron chi connectivity index (χ2n) is 10.0. The van der Waals surface area contributed by atoms with Crippen LogP contribution in [-0.2, 0) is 16.1 Å². The third-order valence-corrected chi connectivity index (χ3v) is 7.83. The Balaban J connectivity index is 1.51. The number of rotatable bonds is 6. The first kappa shape index (κ1) is 24.5. The summed E-state index contributed by atoms with van der Waals surface area (Å²) in [5.74, 6) is 0.227. The molecule has 1 aliphatic carbocycles. The fourth-order valence-electron chi connectivity index (χ4n) is 5.85. The third-order valence-electron chi connectivity index (χ3n) is 7.61. The molecule has 5 rings (SSSR count). The number of carbonyl (C=O) groups excluding carboxylic acids is 2. The standard InChI is InChI=1S/C28H32ClN5O2/c1-4-25(36)33-13-21(14-33)32-24(35)15-34-18(3)26(22-11-20(29)10-17(2)28(22)34)23-12-30-16-31-27(23)19-8-6-5-7-9-19/h4,10-12,16,19,21H,1,5-9,13-15H2,2-3H3,(H,32,35). The molecule has 2 amide bonds. The first-order chi connectivity index (χ1) is 17.4. The number of carbonyl (C=O) groups is 2. The average Bonchev–Trinajstić information content (AvgIpc) is 3.12. The lowest BCUT2D eigenvalue weighted by molar-refractivity contribution is -0.133. The SMILES string of the molecule is C=CC(=O)N1CC(NC(=O)Cn2c(C)c(-c3cncnc3C3CCCCC3)c3cc(Cl)cc(C)c32)C1. The number of halogens is 1. The van der Waals surface area contributed by atoms with Gasteiger partial charge in [0, 0.05) is 52.4 Å². The van der Waals surface area contributed by atoms with Crippen molar-refractivity contribution in [3.05, 3.63) is 59.3 Å². The molecule has 1 N–H and O–H groups in total. The van der Waals surface area contributed by atoms with E-state index < -0.39 is 0 Å². The van der Waals surface area contributed by atoms with E-state index in [1.54, 1.807) is 11.2 Å². The van der Waals surface area contributed by atoms with Gasteiger partial charge >= 0.3 is 0 Å². The minimum atomic E-state index is -0.108. The number of fused-ring (bicyclic) bond motifs is 1. The molecule has 0 bridgehead atoms. The molecule has 7 nitrogen and oxygen atoms in total. The number of nitrogens with zero attached hydrogens (tertiary/aromatic N) is 4. The van der Waals surface area contributed by atoms with Crippen LogP contribution in [0.15, 0.2) is 37.3 Å². The molecule has 1 saturated heterocycles. The van der Waals surface area contributed by atoms with Crippen LogP contribution in [-0.4, -0.2) is 50.4 Å². The Labute approximate surface area is 216 Å². The molecule has 0 radical (unpaired) electrons. The van der Waals surface area contributed by atoms with E-state index in [4.69, 9.17) is 16.6 Å². The van der Waals surface area contributed by atoms with E-state index in [2.05, 4.69) is 28.4 Å². The average molecular weight is 506 g/mol. The topological polar surface area (TPSA) is 80.1 Å². The summed E-state index contributed by atoms with van der Waals surface area (Å²) in [6, 6.07) is 3.89. The van der Waals surface area contributed by atoms with E-state index in [1.165, 1.54) is 25.3 Å². The van der Waals surface area contributed by atoms with Gasteiger partial charge in [0.2, 0.25) is 11.8 Å². The molecule has 0 atom stereocenters. The summed E-state index contributed by atoms with van der Waals surface area (Å²) in [6.45, 7) is 8.81. The van der Waals surface area contributed by atoms with Crippen LogP contribution in [0.4, 0.5) is 0 Å². The molecular weight excluding hydrogens is 474 g/mol. The van der Waals surface area contributed by atoms with Crippen molar-refractivity contribution in [2.75, 3.05) is 13.1 Å². The van der Waals surface area contributed by atoms with Crippen LogP contribution >= 0.6 is 11.6 Å². The summed E-state index contributed by atoms with van der Waals surface area (Å²) in [4.78, 5) is 35.6. The van der Waals surface area contributed by atoms with Gasteiger partial charge in [0.15, 0.2) is 0 Å². The molecule has 1 saturated carbocycles. The first-order valence-corrected chi connectivity index (χ1v) is 13.0. The summed E-state index contributed by atoms with van der Waals surface area (Å²) >= 11 is 6.53. The van der Waals surface area contributed by atoms with Crippen LogP contribution < -0.4 is 5.32 Å². The molecule has 0 spiro atoms. The van der Waals surface area contributed by atoms with E-state index in [-0.39, 0.29) is 24.4 Å². The molecule has 2 fully saturated rings. The number of nitrogens with one attached hydrogen (secondary N) is 1. The Morgan fingerprint density at radius 1 is 1.19 bits per heavy atom. The smallest absolute Gasteiger partial charge is 0.246 e. The Morgan fingerprint density at radius 2 is 1.94 bits per heavy atom. The zero-order valence-electron chi connectivity index (χ0n) is 20.9. The Kier molecular flexibility index (Phi) is 6.84. The Hall–Kier alpha value is -3.19. The van der Waals surface area contributed by atoms with E-state index in [0.717, 1.165) is 51.8 Å². The predicted molar refractivity (Wildman–Crippen MR) is 142 cm³/mol. The van der Waals surface area contributed by atoms with Crippen molar-refractivity contribution in [2.45, 2.75) is 64.5 Å². The minimum absolute atomic E-state index is 0.0426. The molecule has 1 aromatic carbocycles. The molecule has 3 aromatic rings. The van der Waals surface area contributed by atoms with E-state index >= 15 is 0 Å². The highest BCUT2D eigenvalue weighted by Gasteiger charge is 2.31. The Bertz CT molecular complexity index is 1340. The van der Waals surface area contributed by atoms with Crippen LogP contribution in [0.5, 0.6) is 0 Å². The first-order valence-electron chi connectivity index (χ1n) is 12.7. The van der Waals surface area contributed by atoms with Gasteiger partial charge in [-0.05, 0) is 50.5 Å². The molecular formula is C28H32ClN5O2. The van der Waals surface area contributed by atoms with Crippen molar-refractivity contribution in [3.63, 3.8) is 0 Å². The van der Waals surface area contributed by atoms with Gasteiger partial charge in [0.1, 0.15) is 12.9 Å². The summed E-state index contributed by atoms with van der Waals surface area (Å²) in [5, 5.41) is 4.75. The van der Waals surface area contributed by atoms with Crippen LogP contribution in [0.1, 0.15) is 55.0 Å². The largest absolute Gasteiger partial charge is 0.348 e. The molecule has 8 heteroatoms. The molecule has 3 heterocycles. The highest BCUT2D eigenvalue weighted by Crippen LogP contribution is 2.42. The van der Waals surface area contributed by atoms with Crippen LogP contribution in [0, 0.1) is 13.8 Å². The quantitative estimate of drug-likeness (QED) is 0.482. The molecule has 188 valence electrons. The summed E-state index contributed by atoms with van der Waals surface area (Å²) in [7, 11) is 0. The van der Waals surface area contributed by atoms with Crippen molar-refractivity contribution in [1.82, 2.24) is 24.8 Å². The second-order valence-corrected chi connectivity index (χ2v) is 10.5. The lowest BCUT2D eigenvalue weighted by atomic mass is 9.84. The number of hydrogen-bond acceptors (Lipinski definition) is 4. The number of aromatic nitrogens is 3. The van der Waals surface area contributed by atoms with Crippen molar-refractivity contribution in [3.8, 4) is 11.1 Å². The van der Waals surface area contributed by atoms with E-state index in [0.29, 0.717) is 24.0 Å². The van der Waals surface area contributed by atoms with Crippen molar-refractivity contribution >= 4 is 34.3 Å². The van der Waals surface area contributed by atoms with Gasteiger partial charge in [0.05, 0.1) is 17.3 Å². The monoisotopic (exact) mass is 505 g/mol. The lowest BCUT2D eigenvalue weighted by Crippen LogP contribution is -2.61. The summed E-state index contributed by atoms with van der Waals surface area (Å²) in [6.07, 6.45) is 10.9. The second kappa shape index (κ2) is 10.1. The molecule has 1 aliphatic heterocycles. The van der Waals surface area contributed by atoms with Gasteiger partial charge in [-0.25, -0.2) is 9.97 Å². The number of benzene rings is 1. The van der Waals surface area contributed by atoms with Crippen LogP contribution in [0.25, 0.3) is 22.0 Å². The van der Waals surface area contributed by atoms with Gasteiger partial charge in [-0.3, -0.25) is 9.59 Å². The maximum absolute atomic E-state index is 13.1. The van der Waals surface area contributed by atoms with E-state index in [1.807, 2.05) is 25.3 Å². The normalized spacial score (nSPS) is 16.7. The fraction of sp³-hybridized carbons (Fsp3) is 0.429. The number of likely N-dealkylation sites (tertiary alicyclic amines) is 1. The van der Waals surface area contributed by atoms with Crippen molar-refractivity contribution in [2.24, 2.45) is 0 Å². The number of aryl methyl sites for hydroxylation is 1. The van der Waals surface area contributed by atoms with Gasteiger partial charge in [0.25, 0.3) is 0 Å². The van der Waals surface area contributed by atoms with E-state index in [9.17, 15) is 9.59 Å². The highest BCUT2D eigenvalue weighted by molar-refractivity contribution is 6.31. The van der Waals surface area contributed by atoms with Gasteiger partial charge in [-0.15, -0.1) is 0 Å². The van der Waals surface area contributed by atoms with Gasteiger partial charge in [-0.2, -0.15) is 0 Å². The lowest BCUT2D eigenvalue weighted by Gasteiger charge is -2.38. The van der Waals surface area contributed by atoms with Crippen LogP contribution in [0.3, 0.4) is 0 Å². The molecule has 2 aromatic heterocycles. The van der Waals surface area contributed by atoms with Crippen LogP contribution in [0.2, 0.25) is 5.02 Å². The molecule has 2 aliphatic rings.